The molecule has 310 valence electrons. The van der Waals surface area contributed by atoms with Crippen LogP contribution in [0.1, 0.15) is 99.3 Å². The van der Waals surface area contributed by atoms with E-state index in [0.29, 0.717) is 25.2 Å². The highest BCUT2D eigenvalue weighted by Crippen LogP contribution is 2.89. The van der Waals surface area contributed by atoms with Crippen molar-refractivity contribution in [2.45, 2.75) is 173 Å². The van der Waals surface area contributed by atoms with Crippen LogP contribution in [0.3, 0.4) is 0 Å². The van der Waals surface area contributed by atoms with Crippen molar-refractivity contribution in [3.8, 4) is 0 Å². The Bertz CT molecular complexity index is 1390. The summed E-state index contributed by atoms with van der Waals surface area (Å²) in [6.07, 6.45) is -4.35. The van der Waals surface area contributed by atoms with Gasteiger partial charge in [-0.1, -0.05) is 39.3 Å². The predicted octanol–water partition coefficient (Wildman–Crippen LogP) is 1.37. The molecule has 2 heterocycles. The van der Waals surface area contributed by atoms with Gasteiger partial charge in [-0.3, -0.25) is 0 Å². The van der Waals surface area contributed by atoms with E-state index in [4.69, 9.17) is 18.9 Å². The Morgan fingerprint density at radius 2 is 1.46 bits per heavy atom. The number of hydrogen-bond acceptors (Lipinski definition) is 13. The van der Waals surface area contributed by atoms with Crippen molar-refractivity contribution >= 4 is 0 Å². The van der Waals surface area contributed by atoms with Crippen LogP contribution >= 0.6 is 0 Å². The second-order valence-electron chi connectivity index (χ2n) is 19.7. The number of aliphatic hydroxyl groups is 9. The first-order valence-electron chi connectivity index (χ1n) is 20.5. The Morgan fingerprint density at radius 1 is 0.796 bits per heavy atom. The lowest BCUT2D eigenvalue weighted by Gasteiger charge is -2.64. The van der Waals surface area contributed by atoms with E-state index in [0.717, 1.165) is 38.5 Å². The normalized spacial score (nSPS) is 55.1. The fraction of sp³-hybridized carbons (Fsp3) is 0.951. The lowest BCUT2D eigenvalue weighted by molar-refractivity contribution is -0.328. The molecule has 7 aliphatic rings. The van der Waals surface area contributed by atoms with Crippen LogP contribution in [-0.4, -0.2) is 139 Å². The predicted molar refractivity (Wildman–Crippen MR) is 194 cm³/mol. The number of aliphatic hydroxyl groups excluding tert-OH is 9. The van der Waals surface area contributed by atoms with Crippen LogP contribution in [0.25, 0.3) is 0 Å². The van der Waals surface area contributed by atoms with E-state index in [1.165, 1.54) is 5.57 Å². The van der Waals surface area contributed by atoms with Crippen LogP contribution < -0.4 is 0 Å². The van der Waals surface area contributed by atoms with Gasteiger partial charge in [0, 0.05) is 5.41 Å². The Labute approximate surface area is 319 Å². The maximum Gasteiger partial charge on any atom is 0.186 e. The quantitative estimate of drug-likeness (QED) is 0.114. The summed E-state index contributed by atoms with van der Waals surface area (Å²) in [6.45, 7) is 12.3. The van der Waals surface area contributed by atoms with E-state index < -0.39 is 85.6 Å². The average molecular weight is 769 g/mol. The molecule has 5 aliphatic carbocycles. The summed E-state index contributed by atoms with van der Waals surface area (Å²) in [5, 5.41) is 96.3. The molecule has 5 saturated carbocycles. The first-order chi connectivity index (χ1) is 25.3. The van der Waals surface area contributed by atoms with Crippen molar-refractivity contribution in [2.75, 3.05) is 19.8 Å². The zero-order valence-electron chi connectivity index (χ0n) is 33.0. The molecule has 13 heteroatoms. The minimum absolute atomic E-state index is 0.0232. The molecule has 0 amide bonds. The van der Waals surface area contributed by atoms with E-state index in [1.54, 1.807) is 0 Å². The zero-order valence-corrected chi connectivity index (χ0v) is 33.0. The standard InChI is InChI=1S/C41H68O13/c1-20(2)7-8-22(43)21(3)29-23(44)15-39(6)27-10-9-26-37(4,19-52-36-34(50)32(48)31(47)25(16-42)53-36)28(54-35-33(49)30(46)24(45)17-51-35)11-12-40(26)18-41(27,40)14-13-38(29,39)5/h7,21-36,42-50H,8-19H2,1-6H3/t21-,22+,23+,24+,25-,26?,27+,28+,29+,30+,31-,32+,33-,34-,35+,36-,37+,38-,39+,40-,41+/m1/s1. The second-order valence-corrected chi connectivity index (χ2v) is 19.7. The monoisotopic (exact) mass is 768 g/mol. The van der Waals surface area contributed by atoms with Gasteiger partial charge in [-0.25, -0.2) is 0 Å². The van der Waals surface area contributed by atoms with E-state index in [-0.39, 0.29) is 52.6 Å². The minimum Gasteiger partial charge on any atom is -0.394 e. The molecule has 0 aromatic carbocycles. The number of allylic oxidation sites excluding steroid dienone is 1. The zero-order chi connectivity index (χ0) is 39.3. The molecule has 13 nitrogen and oxygen atoms in total. The number of ether oxygens (including phenoxy) is 4. The summed E-state index contributed by atoms with van der Waals surface area (Å²) in [7, 11) is 0. The highest BCUT2D eigenvalue weighted by Gasteiger charge is 2.83. The minimum atomic E-state index is -1.58. The average Bonchev–Trinajstić information content (AvgIpc) is 3.74. The van der Waals surface area contributed by atoms with Crippen LogP contribution in [0.15, 0.2) is 11.6 Å². The molecule has 0 radical (unpaired) electrons. The van der Waals surface area contributed by atoms with Gasteiger partial charge in [0.1, 0.15) is 42.7 Å². The molecule has 1 unspecified atom stereocenters. The molecule has 7 fully saturated rings. The van der Waals surface area contributed by atoms with Crippen molar-refractivity contribution < 1.29 is 64.9 Å². The molecule has 0 aromatic rings. The molecule has 0 bridgehead atoms. The van der Waals surface area contributed by atoms with Crippen molar-refractivity contribution in [1.82, 2.24) is 0 Å². The number of hydrogen-bond donors (Lipinski definition) is 9. The molecule has 9 N–H and O–H groups in total. The van der Waals surface area contributed by atoms with E-state index >= 15 is 0 Å². The third-order valence-corrected chi connectivity index (χ3v) is 17.0. The van der Waals surface area contributed by atoms with Crippen LogP contribution in [0.5, 0.6) is 0 Å². The summed E-state index contributed by atoms with van der Waals surface area (Å²) >= 11 is 0. The van der Waals surface area contributed by atoms with Crippen molar-refractivity contribution in [2.24, 2.45) is 50.7 Å². The third-order valence-electron chi connectivity index (χ3n) is 17.0. The third kappa shape index (κ3) is 6.04. The van der Waals surface area contributed by atoms with E-state index in [1.807, 2.05) is 13.8 Å². The van der Waals surface area contributed by atoms with Crippen LogP contribution in [0.4, 0.5) is 0 Å². The summed E-state index contributed by atoms with van der Waals surface area (Å²) in [4.78, 5) is 0. The maximum absolute atomic E-state index is 11.9. The van der Waals surface area contributed by atoms with Crippen LogP contribution in [-0.2, 0) is 18.9 Å². The maximum atomic E-state index is 11.9. The van der Waals surface area contributed by atoms with Crippen molar-refractivity contribution in [3.05, 3.63) is 11.6 Å². The second kappa shape index (κ2) is 14.5. The smallest absolute Gasteiger partial charge is 0.186 e. The topological polar surface area (TPSA) is 219 Å². The van der Waals surface area contributed by atoms with Crippen molar-refractivity contribution in [1.29, 1.82) is 0 Å². The summed E-state index contributed by atoms with van der Waals surface area (Å²) in [5.41, 5.74) is 0.149. The van der Waals surface area contributed by atoms with Gasteiger partial charge in [0.05, 0.1) is 38.1 Å². The van der Waals surface area contributed by atoms with Crippen LogP contribution in [0.2, 0.25) is 0 Å². The highest BCUT2D eigenvalue weighted by atomic mass is 16.7. The molecule has 21 atom stereocenters. The molecule has 2 saturated heterocycles. The van der Waals surface area contributed by atoms with Gasteiger partial charge in [0.25, 0.3) is 0 Å². The summed E-state index contributed by atoms with van der Waals surface area (Å²) < 4.78 is 24.4. The Kier molecular flexibility index (Phi) is 11.1. The first-order valence-corrected chi connectivity index (χ1v) is 20.5. The van der Waals surface area contributed by atoms with Crippen LogP contribution in [0, 0.1) is 50.7 Å². The van der Waals surface area contributed by atoms with Crippen molar-refractivity contribution in [3.63, 3.8) is 0 Å². The highest BCUT2D eigenvalue weighted by molar-refractivity contribution is 5.31. The molecule has 54 heavy (non-hydrogen) atoms. The lowest BCUT2D eigenvalue weighted by Crippen LogP contribution is -2.62. The summed E-state index contributed by atoms with van der Waals surface area (Å²) in [5.74, 6) is 0.370. The van der Waals surface area contributed by atoms with Gasteiger partial charge in [-0.05, 0) is 117 Å². The van der Waals surface area contributed by atoms with Gasteiger partial charge >= 0.3 is 0 Å². The lowest BCUT2D eigenvalue weighted by atomic mass is 9.41. The van der Waals surface area contributed by atoms with Gasteiger partial charge < -0.3 is 64.9 Å². The fourth-order valence-electron chi connectivity index (χ4n) is 14.0. The Hall–Kier alpha value is -0.780. The Balaban J connectivity index is 1.17. The number of fused-ring (bicyclic) bond motifs is 2. The number of rotatable bonds is 10. The van der Waals surface area contributed by atoms with Gasteiger partial charge in [-0.2, -0.15) is 0 Å². The van der Waals surface area contributed by atoms with E-state index in [9.17, 15) is 46.0 Å². The molecule has 2 spiro atoms. The largest absolute Gasteiger partial charge is 0.394 e. The molecule has 2 aliphatic heterocycles. The SMILES string of the molecule is CC(C)=CC[C@H](O)[C@@H](C)[C@H]1[C@@H](O)C[C@@]2(C)[C@@H]3CCC4[C@@]5(CC[C@H](O[C@@H]6OC[C@H](O)[C@H](O)[C@H]6O)[C@@]4(C)CO[C@@H]4O[C@H](CO)[C@@H](O)[C@H](O)[C@H]4O)C[C@@]35CC[C@]12C. The Morgan fingerprint density at radius 3 is 2.15 bits per heavy atom. The van der Waals surface area contributed by atoms with Gasteiger partial charge in [0.15, 0.2) is 12.6 Å². The fourth-order valence-corrected chi connectivity index (χ4v) is 14.0. The van der Waals surface area contributed by atoms with E-state index in [2.05, 4.69) is 33.8 Å². The van der Waals surface area contributed by atoms with Gasteiger partial charge in [0.2, 0.25) is 0 Å². The molecular weight excluding hydrogens is 700 g/mol. The molecule has 0 aromatic heterocycles. The summed E-state index contributed by atoms with van der Waals surface area (Å²) in [6, 6.07) is 0. The molecular formula is C41H68O13. The first kappa shape index (κ1) is 41.4. The molecule has 7 rings (SSSR count). The van der Waals surface area contributed by atoms with Gasteiger partial charge in [-0.15, -0.1) is 0 Å².